The monoisotopic (exact) mass is 524 g/mol. The van der Waals surface area contributed by atoms with Crippen molar-refractivity contribution in [2.75, 3.05) is 31.0 Å². The van der Waals surface area contributed by atoms with Gasteiger partial charge in [-0.2, -0.15) is 5.10 Å². The smallest absolute Gasteiger partial charge is 0.329 e. The Labute approximate surface area is 218 Å². The van der Waals surface area contributed by atoms with Gasteiger partial charge in [0.2, 0.25) is 0 Å². The number of carbonyl (C=O) groups excluding carboxylic acids is 3. The molecule has 0 radical (unpaired) electrons. The number of halogens is 1. The highest BCUT2D eigenvalue weighted by Gasteiger charge is 2.13. The molecule has 0 spiro atoms. The highest BCUT2D eigenvalue weighted by Crippen LogP contribution is 2.28. The van der Waals surface area contributed by atoms with Crippen LogP contribution >= 0.6 is 11.6 Å². The van der Waals surface area contributed by atoms with E-state index in [1.54, 1.807) is 73.7 Å². The number of ether oxygens (including phenoxy) is 3. The lowest BCUT2D eigenvalue weighted by Crippen LogP contribution is -2.32. The summed E-state index contributed by atoms with van der Waals surface area (Å²) in [5, 5.41) is 9.55. The van der Waals surface area contributed by atoms with Crippen molar-refractivity contribution in [3.8, 4) is 17.2 Å². The second-order valence-corrected chi connectivity index (χ2v) is 7.80. The van der Waals surface area contributed by atoms with Crippen molar-refractivity contribution in [1.29, 1.82) is 0 Å². The molecule has 0 unspecified atom stereocenters. The van der Waals surface area contributed by atoms with Gasteiger partial charge in [-0.15, -0.1) is 0 Å². The number of nitrogens with zero attached hydrogens (tertiary/aromatic N) is 1. The molecule has 0 heterocycles. The van der Waals surface area contributed by atoms with Gasteiger partial charge in [0, 0.05) is 16.4 Å². The normalized spacial score (nSPS) is 10.5. The predicted molar refractivity (Wildman–Crippen MR) is 141 cm³/mol. The minimum Gasteiger partial charge on any atom is -0.497 e. The summed E-state index contributed by atoms with van der Waals surface area (Å²) in [6.07, 6.45) is 1.35. The Balaban J connectivity index is 1.54. The Morgan fingerprint density at radius 3 is 2.22 bits per heavy atom. The van der Waals surface area contributed by atoms with Crippen molar-refractivity contribution in [1.82, 2.24) is 5.43 Å². The van der Waals surface area contributed by atoms with Gasteiger partial charge in [-0.3, -0.25) is 14.4 Å². The van der Waals surface area contributed by atoms with Gasteiger partial charge < -0.3 is 24.8 Å². The number of hydrazone groups is 1. The largest absolute Gasteiger partial charge is 0.497 e. The lowest BCUT2D eigenvalue weighted by molar-refractivity contribution is -0.136. The Bertz CT molecular complexity index is 1260. The van der Waals surface area contributed by atoms with E-state index in [1.165, 1.54) is 13.3 Å². The van der Waals surface area contributed by atoms with Crippen molar-refractivity contribution >= 4 is 46.9 Å². The van der Waals surface area contributed by atoms with Crippen LogP contribution in [0.1, 0.15) is 12.5 Å². The molecule has 3 aromatic carbocycles. The number of hydrogen-bond donors (Lipinski definition) is 3. The van der Waals surface area contributed by atoms with Crippen LogP contribution < -0.4 is 30.3 Å². The molecule has 0 saturated heterocycles. The summed E-state index contributed by atoms with van der Waals surface area (Å²) < 4.78 is 16.3. The predicted octanol–water partition coefficient (Wildman–Crippen LogP) is 3.85. The second kappa shape index (κ2) is 13.5. The maximum absolute atomic E-state index is 12.2. The van der Waals surface area contributed by atoms with Crippen LogP contribution in [0.25, 0.3) is 0 Å². The van der Waals surface area contributed by atoms with Crippen molar-refractivity contribution < 1.29 is 28.6 Å². The number of hydrogen-bond acceptors (Lipinski definition) is 7. The van der Waals surface area contributed by atoms with Gasteiger partial charge in [-0.25, -0.2) is 5.43 Å². The highest BCUT2D eigenvalue weighted by molar-refractivity contribution is 6.39. The zero-order chi connectivity index (χ0) is 26.6. The first-order chi connectivity index (χ1) is 17.9. The Morgan fingerprint density at radius 2 is 1.54 bits per heavy atom. The fourth-order valence-electron chi connectivity index (χ4n) is 2.94. The van der Waals surface area contributed by atoms with Gasteiger partial charge in [0.25, 0.3) is 5.91 Å². The molecule has 0 aliphatic rings. The third-order valence-corrected chi connectivity index (χ3v) is 4.94. The number of amides is 3. The third kappa shape index (κ3) is 8.55. The van der Waals surface area contributed by atoms with Gasteiger partial charge in [0.15, 0.2) is 18.1 Å². The summed E-state index contributed by atoms with van der Waals surface area (Å²) in [5.74, 6) is -0.814. The SMILES string of the molecule is CCOc1cc(/C=N\NC(=O)C(=O)Nc2ccc(OC)cc2)ccc1OCC(=O)Nc1ccc(Cl)cc1. The quantitative estimate of drug-likeness (QED) is 0.210. The first-order valence-electron chi connectivity index (χ1n) is 11.1. The zero-order valence-corrected chi connectivity index (χ0v) is 20.9. The van der Waals surface area contributed by atoms with E-state index in [0.29, 0.717) is 45.8 Å². The third-order valence-electron chi connectivity index (χ3n) is 4.69. The van der Waals surface area contributed by atoms with E-state index in [2.05, 4.69) is 21.2 Å². The van der Waals surface area contributed by atoms with Crippen LogP contribution in [0.2, 0.25) is 5.02 Å². The first-order valence-corrected chi connectivity index (χ1v) is 11.5. The minimum absolute atomic E-state index is 0.241. The standard InChI is InChI=1S/C26H25ClN4O6/c1-3-36-23-14-17(4-13-22(23)37-16-24(32)29-19-7-5-18(27)6-8-19)15-28-31-26(34)25(33)30-20-9-11-21(35-2)12-10-20/h4-15H,3,16H2,1-2H3,(H,29,32)(H,30,33)(H,31,34)/b28-15-. The van der Waals surface area contributed by atoms with E-state index >= 15 is 0 Å². The average molecular weight is 525 g/mol. The Kier molecular flexibility index (Phi) is 9.86. The van der Waals surface area contributed by atoms with Crippen LogP contribution in [-0.2, 0) is 14.4 Å². The molecule has 0 aliphatic heterocycles. The summed E-state index contributed by atoms with van der Waals surface area (Å²) in [4.78, 5) is 36.3. The molecule has 10 nitrogen and oxygen atoms in total. The average Bonchev–Trinajstić information content (AvgIpc) is 2.90. The summed E-state index contributed by atoms with van der Waals surface area (Å²) in [7, 11) is 1.53. The number of nitrogens with one attached hydrogen (secondary N) is 3. The fourth-order valence-corrected chi connectivity index (χ4v) is 3.07. The zero-order valence-electron chi connectivity index (χ0n) is 20.1. The van der Waals surface area contributed by atoms with Crippen LogP contribution in [0.3, 0.4) is 0 Å². The number of carbonyl (C=O) groups is 3. The lowest BCUT2D eigenvalue weighted by Gasteiger charge is -2.12. The molecule has 11 heteroatoms. The molecule has 0 fully saturated rings. The van der Waals surface area contributed by atoms with Gasteiger partial charge in [0.05, 0.1) is 19.9 Å². The van der Waals surface area contributed by atoms with E-state index in [-0.39, 0.29) is 12.5 Å². The van der Waals surface area contributed by atoms with E-state index in [4.69, 9.17) is 25.8 Å². The van der Waals surface area contributed by atoms with E-state index in [1.807, 2.05) is 0 Å². The number of methoxy groups -OCH3 is 1. The molecule has 0 bridgehead atoms. The summed E-state index contributed by atoms with van der Waals surface area (Å²) >= 11 is 5.85. The highest BCUT2D eigenvalue weighted by atomic mass is 35.5. The molecule has 0 atom stereocenters. The molecule has 192 valence electrons. The van der Waals surface area contributed by atoms with Crippen molar-refractivity contribution in [2.45, 2.75) is 6.92 Å². The second-order valence-electron chi connectivity index (χ2n) is 7.36. The van der Waals surface area contributed by atoms with E-state index in [0.717, 1.165) is 0 Å². The molecule has 3 aromatic rings. The molecule has 0 saturated carbocycles. The van der Waals surface area contributed by atoms with Gasteiger partial charge in [0.1, 0.15) is 5.75 Å². The molecule has 3 rings (SSSR count). The number of benzene rings is 3. The Hall–Kier alpha value is -4.57. The van der Waals surface area contributed by atoms with Crippen LogP contribution in [-0.4, -0.2) is 44.3 Å². The summed E-state index contributed by atoms with van der Waals surface area (Å²) in [5.41, 5.74) is 3.76. The van der Waals surface area contributed by atoms with Crippen LogP contribution in [0.5, 0.6) is 17.2 Å². The van der Waals surface area contributed by atoms with Crippen LogP contribution in [0.4, 0.5) is 11.4 Å². The molecule has 3 amide bonds. The Morgan fingerprint density at radius 1 is 0.865 bits per heavy atom. The first kappa shape index (κ1) is 27.0. The van der Waals surface area contributed by atoms with Crippen LogP contribution in [0, 0.1) is 0 Å². The van der Waals surface area contributed by atoms with Gasteiger partial charge >= 0.3 is 11.8 Å². The summed E-state index contributed by atoms with van der Waals surface area (Å²) in [6.45, 7) is 1.92. The van der Waals surface area contributed by atoms with E-state index in [9.17, 15) is 14.4 Å². The molecule has 37 heavy (non-hydrogen) atoms. The summed E-state index contributed by atoms with van der Waals surface area (Å²) in [6, 6.07) is 18.1. The van der Waals surface area contributed by atoms with Crippen molar-refractivity contribution in [2.24, 2.45) is 5.10 Å². The van der Waals surface area contributed by atoms with Gasteiger partial charge in [-0.05, 0) is 79.2 Å². The molecule has 0 aliphatic carbocycles. The maximum Gasteiger partial charge on any atom is 0.329 e. The topological polar surface area (TPSA) is 127 Å². The number of rotatable bonds is 10. The fraction of sp³-hybridized carbons (Fsp3) is 0.154. The minimum atomic E-state index is -0.941. The molecule has 3 N–H and O–H groups in total. The molecule has 0 aromatic heterocycles. The maximum atomic E-state index is 12.2. The molecular formula is C26H25ClN4O6. The van der Waals surface area contributed by atoms with Crippen molar-refractivity contribution in [3.05, 3.63) is 77.3 Å². The van der Waals surface area contributed by atoms with Crippen LogP contribution in [0.15, 0.2) is 71.8 Å². The number of anilines is 2. The van der Waals surface area contributed by atoms with Crippen molar-refractivity contribution in [3.63, 3.8) is 0 Å². The van der Waals surface area contributed by atoms with E-state index < -0.39 is 11.8 Å². The van der Waals surface area contributed by atoms with Gasteiger partial charge in [-0.1, -0.05) is 11.6 Å². The lowest BCUT2D eigenvalue weighted by atomic mass is 10.2. The molecular weight excluding hydrogens is 500 g/mol.